The Morgan fingerprint density at radius 3 is 3.05 bits per heavy atom. The van der Waals surface area contributed by atoms with E-state index >= 15 is 0 Å². The lowest BCUT2D eigenvalue weighted by molar-refractivity contribution is 0.0139. The summed E-state index contributed by atoms with van der Waals surface area (Å²) in [5.74, 6) is -0.142. The van der Waals surface area contributed by atoms with Crippen LogP contribution >= 0.6 is 0 Å². The fourth-order valence-electron chi connectivity index (χ4n) is 2.46. The molecule has 0 aliphatic carbocycles. The molecule has 1 saturated heterocycles. The smallest absolute Gasteiger partial charge is 0.254 e. The van der Waals surface area contributed by atoms with E-state index in [2.05, 4.69) is 4.98 Å². The van der Waals surface area contributed by atoms with Crippen LogP contribution in [0.15, 0.2) is 23.1 Å². The van der Waals surface area contributed by atoms with Gasteiger partial charge in [-0.05, 0) is 18.9 Å². The highest BCUT2D eigenvalue weighted by molar-refractivity contribution is 5.94. The zero-order valence-electron chi connectivity index (χ0n) is 11.0. The number of hydrogen-bond acceptors (Lipinski definition) is 4. The molecule has 2 unspecified atom stereocenters. The summed E-state index contributed by atoms with van der Waals surface area (Å²) >= 11 is 0. The number of H-pyrrole nitrogens is 1. The van der Waals surface area contributed by atoms with E-state index in [0.717, 1.165) is 12.8 Å². The number of aromatic nitrogens is 1. The van der Waals surface area contributed by atoms with Gasteiger partial charge in [0.15, 0.2) is 0 Å². The lowest BCUT2D eigenvalue weighted by Crippen LogP contribution is -2.51. The van der Waals surface area contributed by atoms with Crippen molar-refractivity contribution in [1.82, 2.24) is 9.88 Å². The third kappa shape index (κ3) is 3.02. The highest BCUT2D eigenvalue weighted by atomic mass is 16.5. The summed E-state index contributed by atoms with van der Waals surface area (Å²) in [4.78, 5) is 27.9. The van der Waals surface area contributed by atoms with Crippen molar-refractivity contribution in [2.24, 2.45) is 5.73 Å². The average molecular weight is 265 g/mol. The molecular formula is C13H19N3O3. The Morgan fingerprint density at radius 2 is 2.42 bits per heavy atom. The summed E-state index contributed by atoms with van der Waals surface area (Å²) in [6, 6.07) is 2.89. The molecule has 1 fully saturated rings. The van der Waals surface area contributed by atoms with E-state index in [1.165, 1.54) is 12.3 Å². The second-order valence-corrected chi connectivity index (χ2v) is 4.71. The first-order valence-corrected chi connectivity index (χ1v) is 6.38. The number of nitrogens with one attached hydrogen (secondary N) is 1. The fraction of sp³-hybridized carbons (Fsp3) is 0.538. The maximum atomic E-state index is 12.4. The third-order valence-electron chi connectivity index (χ3n) is 3.56. The van der Waals surface area contributed by atoms with Crippen molar-refractivity contribution >= 4 is 5.91 Å². The van der Waals surface area contributed by atoms with Crippen molar-refractivity contribution in [3.63, 3.8) is 0 Å². The van der Waals surface area contributed by atoms with Crippen molar-refractivity contribution in [2.45, 2.75) is 25.0 Å². The van der Waals surface area contributed by atoms with Crippen LogP contribution in [0.1, 0.15) is 23.2 Å². The lowest BCUT2D eigenvalue weighted by atomic mass is 9.98. The summed E-state index contributed by atoms with van der Waals surface area (Å²) in [7, 11) is 1.67. The van der Waals surface area contributed by atoms with Gasteiger partial charge in [-0.1, -0.05) is 0 Å². The van der Waals surface area contributed by atoms with E-state index in [9.17, 15) is 9.59 Å². The quantitative estimate of drug-likeness (QED) is 0.802. The summed E-state index contributed by atoms with van der Waals surface area (Å²) in [6.45, 7) is 1.00. The number of likely N-dealkylation sites (tertiary alicyclic amines) is 1. The standard InChI is InChI=1S/C13H19N3O3/c1-19-11-3-5-16(10(7-11)8-14)13(18)9-2-4-15-12(17)6-9/h2,4,6,10-11H,3,5,7-8,14H2,1H3,(H,15,17). The molecule has 1 aliphatic rings. The monoisotopic (exact) mass is 265 g/mol. The number of ether oxygens (including phenoxy) is 1. The molecule has 0 bridgehead atoms. The number of piperidine rings is 1. The molecule has 3 N–H and O–H groups in total. The second-order valence-electron chi connectivity index (χ2n) is 4.71. The molecule has 0 radical (unpaired) electrons. The fourth-order valence-corrected chi connectivity index (χ4v) is 2.46. The number of pyridine rings is 1. The topological polar surface area (TPSA) is 88.4 Å². The Kier molecular flexibility index (Phi) is 4.34. The first-order valence-electron chi connectivity index (χ1n) is 6.38. The minimum Gasteiger partial charge on any atom is -0.381 e. The number of aromatic amines is 1. The second kappa shape index (κ2) is 5.99. The molecule has 0 saturated carbocycles. The molecule has 1 aliphatic heterocycles. The highest BCUT2D eigenvalue weighted by Gasteiger charge is 2.31. The molecule has 19 heavy (non-hydrogen) atoms. The largest absolute Gasteiger partial charge is 0.381 e. The highest BCUT2D eigenvalue weighted by Crippen LogP contribution is 2.20. The predicted octanol–water partition coefficient (Wildman–Crippen LogP) is -0.0468. The zero-order chi connectivity index (χ0) is 13.8. The van der Waals surface area contributed by atoms with Gasteiger partial charge in [-0.3, -0.25) is 9.59 Å². The van der Waals surface area contributed by atoms with E-state index in [0.29, 0.717) is 18.7 Å². The van der Waals surface area contributed by atoms with Crippen LogP contribution in [0, 0.1) is 0 Å². The molecule has 2 atom stereocenters. The SMILES string of the molecule is COC1CCN(C(=O)c2cc[nH]c(=O)c2)C(CN)C1. The van der Waals surface area contributed by atoms with E-state index in [-0.39, 0.29) is 23.6 Å². The van der Waals surface area contributed by atoms with Gasteiger partial charge in [-0.25, -0.2) is 0 Å². The maximum Gasteiger partial charge on any atom is 0.254 e. The summed E-state index contributed by atoms with van der Waals surface area (Å²) in [5.41, 5.74) is 5.86. The van der Waals surface area contributed by atoms with E-state index < -0.39 is 0 Å². The average Bonchev–Trinajstić information content (AvgIpc) is 2.45. The van der Waals surface area contributed by atoms with Crippen LogP contribution in [0.2, 0.25) is 0 Å². The first-order chi connectivity index (χ1) is 9.15. The molecule has 2 rings (SSSR count). The normalized spacial score (nSPS) is 23.4. The number of methoxy groups -OCH3 is 1. The molecule has 6 nitrogen and oxygen atoms in total. The zero-order valence-corrected chi connectivity index (χ0v) is 11.0. The van der Waals surface area contributed by atoms with Crippen LogP contribution in [0.4, 0.5) is 0 Å². The Hall–Kier alpha value is -1.66. The molecule has 1 aromatic heterocycles. The predicted molar refractivity (Wildman–Crippen MR) is 71.0 cm³/mol. The molecule has 2 heterocycles. The third-order valence-corrected chi connectivity index (χ3v) is 3.56. The van der Waals surface area contributed by atoms with Gasteiger partial charge in [0, 0.05) is 44.1 Å². The van der Waals surface area contributed by atoms with Gasteiger partial charge >= 0.3 is 0 Å². The van der Waals surface area contributed by atoms with Gasteiger partial charge in [0.25, 0.3) is 5.91 Å². The number of carbonyl (C=O) groups is 1. The number of rotatable bonds is 3. The molecule has 0 spiro atoms. The van der Waals surface area contributed by atoms with Crippen LogP contribution in [0.5, 0.6) is 0 Å². The van der Waals surface area contributed by atoms with Crippen molar-refractivity contribution in [2.75, 3.05) is 20.2 Å². The first kappa shape index (κ1) is 13.8. The molecule has 6 heteroatoms. The van der Waals surface area contributed by atoms with Crippen LogP contribution < -0.4 is 11.3 Å². The number of nitrogens with zero attached hydrogens (tertiary/aromatic N) is 1. The molecule has 104 valence electrons. The number of amides is 1. The van der Waals surface area contributed by atoms with Crippen LogP contribution in [0.25, 0.3) is 0 Å². The van der Waals surface area contributed by atoms with Crippen LogP contribution in [-0.2, 0) is 4.74 Å². The van der Waals surface area contributed by atoms with Crippen molar-refractivity contribution in [3.8, 4) is 0 Å². The van der Waals surface area contributed by atoms with Crippen molar-refractivity contribution < 1.29 is 9.53 Å². The van der Waals surface area contributed by atoms with Gasteiger partial charge < -0.3 is 20.4 Å². The summed E-state index contributed by atoms with van der Waals surface area (Å²) < 4.78 is 5.33. The van der Waals surface area contributed by atoms with Crippen LogP contribution in [-0.4, -0.2) is 48.1 Å². The van der Waals surface area contributed by atoms with Gasteiger partial charge in [0.05, 0.1) is 6.10 Å². The summed E-state index contributed by atoms with van der Waals surface area (Å²) in [6.07, 6.45) is 3.16. The van der Waals surface area contributed by atoms with E-state index in [4.69, 9.17) is 10.5 Å². The number of hydrogen-bond donors (Lipinski definition) is 2. The summed E-state index contributed by atoms with van der Waals surface area (Å²) in [5, 5.41) is 0. The molecule has 1 aromatic rings. The molecule has 1 amide bonds. The lowest BCUT2D eigenvalue weighted by Gasteiger charge is -2.38. The van der Waals surface area contributed by atoms with Crippen molar-refractivity contribution in [3.05, 3.63) is 34.2 Å². The van der Waals surface area contributed by atoms with E-state index in [1.807, 2.05) is 0 Å². The van der Waals surface area contributed by atoms with Gasteiger partial charge in [0.2, 0.25) is 5.56 Å². The number of nitrogens with two attached hydrogens (primary N) is 1. The van der Waals surface area contributed by atoms with E-state index in [1.54, 1.807) is 18.1 Å². The molecule has 0 aromatic carbocycles. The Bertz CT molecular complexity index is 500. The van der Waals surface area contributed by atoms with Crippen LogP contribution in [0.3, 0.4) is 0 Å². The van der Waals surface area contributed by atoms with Gasteiger partial charge in [0.1, 0.15) is 0 Å². The minimum absolute atomic E-state index is 0.0366. The Morgan fingerprint density at radius 1 is 1.63 bits per heavy atom. The van der Waals surface area contributed by atoms with Gasteiger partial charge in [-0.15, -0.1) is 0 Å². The Labute approximate surface area is 111 Å². The maximum absolute atomic E-state index is 12.4. The molecular weight excluding hydrogens is 246 g/mol. The Balaban J connectivity index is 2.16. The van der Waals surface area contributed by atoms with Gasteiger partial charge in [-0.2, -0.15) is 0 Å². The van der Waals surface area contributed by atoms with Crippen molar-refractivity contribution in [1.29, 1.82) is 0 Å². The minimum atomic E-state index is -0.276. The number of carbonyl (C=O) groups excluding carboxylic acids is 1.